The van der Waals surface area contributed by atoms with Crippen LogP contribution in [0.2, 0.25) is 0 Å². The zero-order chi connectivity index (χ0) is 21.0. The Kier molecular flexibility index (Phi) is 6.79. The molecule has 0 unspecified atom stereocenters. The predicted octanol–water partition coefficient (Wildman–Crippen LogP) is 4.85. The molecular formula is C22H27NO5S. The number of thiophene rings is 1. The molecule has 1 aliphatic carbocycles. The van der Waals surface area contributed by atoms with Crippen molar-refractivity contribution in [3.05, 3.63) is 39.8 Å². The van der Waals surface area contributed by atoms with E-state index in [-0.39, 0.29) is 18.0 Å². The fraction of sp³-hybridized carbons (Fsp3) is 0.455. The third-order valence-corrected chi connectivity index (χ3v) is 6.06. The summed E-state index contributed by atoms with van der Waals surface area (Å²) in [5, 5.41) is 3.48. The molecule has 1 aliphatic rings. The Morgan fingerprint density at radius 1 is 1.07 bits per heavy atom. The molecule has 3 rings (SSSR count). The van der Waals surface area contributed by atoms with Gasteiger partial charge in [0.1, 0.15) is 16.5 Å². The van der Waals surface area contributed by atoms with Crippen LogP contribution in [0.4, 0.5) is 5.00 Å². The maximum Gasteiger partial charge on any atom is 0.341 e. The average Bonchev–Trinajstić information content (AvgIpc) is 2.87. The van der Waals surface area contributed by atoms with Crippen LogP contribution in [0.5, 0.6) is 11.5 Å². The first-order chi connectivity index (χ1) is 13.9. The summed E-state index contributed by atoms with van der Waals surface area (Å²) in [5.41, 5.74) is 1.90. The summed E-state index contributed by atoms with van der Waals surface area (Å²) in [5.74, 6) is 0.296. The number of ether oxygens (including phenoxy) is 3. The normalized spacial score (nSPS) is 13.4. The van der Waals surface area contributed by atoms with Crippen molar-refractivity contribution >= 4 is 28.2 Å². The average molecular weight is 418 g/mol. The summed E-state index contributed by atoms with van der Waals surface area (Å²) >= 11 is 1.48. The largest absolute Gasteiger partial charge is 0.497 e. The Bertz CT molecular complexity index is 903. The molecule has 29 heavy (non-hydrogen) atoms. The van der Waals surface area contributed by atoms with Gasteiger partial charge in [-0.05, 0) is 57.2 Å². The van der Waals surface area contributed by atoms with Crippen molar-refractivity contribution in [3.8, 4) is 11.5 Å². The number of carbonyl (C=O) groups excluding carboxylic acids is 2. The van der Waals surface area contributed by atoms with E-state index in [1.165, 1.54) is 18.4 Å². The summed E-state index contributed by atoms with van der Waals surface area (Å²) in [6, 6.07) is 5.01. The Balaban J connectivity index is 1.96. The van der Waals surface area contributed by atoms with Gasteiger partial charge in [-0.25, -0.2) is 4.79 Å². The molecule has 1 N–H and O–H groups in total. The highest BCUT2D eigenvalue weighted by Gasteiger charge is 2.28. The SMILES string of the molecule is COc1ccc(C(=O)Nc2sc3c(c2C(=O)OC(C)C)CCCCC3)c(OC)c1. The Morgan fingerprint density at radius 2 is 1.83 bits per heavy atom. The van der Waals surface area contributed by atoms with E-state index in [1.54, 1.807) is 25.3 Å². The number of fused-ring (bicyclic) bond motifs is 1. The van der Waals surface area contributed by atoms with E-state index >= 15 is 0 Å². The number of benzene rings is 1. The number of hydrogen-bond acceptors (Lipinski definition) is 6. The van der Waals surface area contributed by atoms with E-state index in [2.05, 4.69) is 5.32 Å². The molecule has 0 fully saturated rings. The lowest BCUT2D eigenvalue weighted by molar-refractivity contribution is 0.0378. The Hall–Kier alpha value is -2.54. The maximum absolute atomic E-state index is 13.0. The highest BCUT2D eigenvalue weighted by Crippen LogP contribution is 2.38. The van der Waals surface area contributed by atoms with Gasteiger partial charge in [0.05, 0.1) is 31.5 Å². The van der Waals surface area contributed by atoms with Gasteiger partial charge in [0.25, 0.3) is 5.91 Å². The minimum Gasteiger partial charge on any atom is -0.497 e. The summed E-state index contributed by atoms with van der Waals surface area (Å²) in [4.78, 5) is 27.0. The molecule has 0 bridgehead atoms. The molecule has 156 valence electrons. The third kappa shape index (κ3) is 4.72. The molecule has 0 spiro atoms. The maximum atomic E-state index is 13.0. The van der Waals surface area contributed by atoms with E-state index in [0.29, 0.717) is 27.6 Å². The van der Waals surface area contributed by atoms with E-state index in [9.17, 15) is 9.59 Å². The van der Waals surface area contributed by atoms with E-state index in [1.807, 2.05) is 13.8 Å². The van der Waals surface area contributed by atoms with E-state index in [4.69, 9.17) is 14.2 Å². The molecule has 2 aromatic rings. The Labute approximate surface area is 175 Å². The molecule has 6 nitrogen and oxygen atoms in total. The van der Waals surface area contributed by atoms with Gasteiger partial charge in [-0.3, -0.25) is 4.79 Å². The number of amides is 1. The third-order valence-electron chi connectivity index (χ3n) is 4.85. The Morgan fingerprint density at radius 3 is 2.52 bits per heavy atom. The number of esters is 1. The first-order valence-corrected chi connectivity index (χ1v) is 10.6. The molecule has 1 aromatic carbocycles. The topological polar surface area (TPSA) is 73.9 Å². The van der Waals surface area contributed by atoms with Crippen LogP contribution in [-0.2, 0) is 17.6 Å². The van der Waals surface area contributed by atoms with Gasteiger partial charge >= 0.3 is 5.97 Å². The fourth-order valence-corrected chi connectivity index (χ4v) is 4.75. The lowest BCUT2D eigenvalue weighted by Crippen LogP contribution is -2.18. The number of anilines is 1. The minimum atomic E-state index is -0.378. The van der Waals surface area contributed by atoms with Crippen LogP contribution in [0.15, 0.2) is 18.2 Å². The lowest BCUT2D eigenvalue weighted by atomic mass is 10.1. The molecule has 0 saturated carbocycles. The van der Waals surface area contributed by atoms with Crippen LogP contribution < -0.4 is 14.8 Å². The first kappa shape index (κ1) is 21.2. The zero-order valence-corrected chi connectivity index (χ0v) is 18.1. The van der Waals surface area contributed by atoms with Crippen LogP contribution in [0.25, 0.3) is 0 Å². The van der Waals surface area contributed by atoms with Crippen LogP contribution in [0.3, 0.4) is 0 Å². The number of methoxy groups -OCH3 is 2. The smallest absolute Gasteiger partial charge is 0.341 e. The summed E-state index contributed by atoms with van der Waals surface area (Å²) in [7, 11) is 3.06. The van der Waals surface area contributed by atoms with E-state index < -0.39 is 0 Å². The number of nitrogens with one attached hydrogen (secondary N) is 1. The van der Waals surface area contributed by atoms with Gasteiger partial charge in [-0.2, -0.15) is 0 Å². The van der Waals surface area contributed by atoms with Crippen LogP contribution >= 0.6 is 11.3 Å². The summed E-state index contributed by atoms with van der Waals surface area (Å²) in [6.45, 7) is 3.65. The molecule has 1 amide bonds. The number of carbonyl (C=O) groups is 2. The molecule has 0 saturated heterocycles. The molecule has 7 heteroatoms. The van der Waals surface area contributed by atoms with Crippen molar-refractivity contribution in [2.45, 2.75) is 52.1 Å². The quantitative estimate of drug-likeness (QED) is 0.537. The minimum absolute atomic E-state index is 0.228. The van der Waals surface area contributed by atoms with Crippen LogP contribution in [0.1, 0.15) is 64.3 Å². The highest BCUT2D eigenvalue weighted by molar-refractivity contribution is 7.17. The molecule has 0 radical (unpaired) electrons. The van der Waals surface area contributed by atoms with Crippen molar-refractivity contribution < 1.29 is 23.8 Å². The molecule has 1 aromatic heterocycles. The second-order valence-corrected chi connectivity index (χ2v) is 8.35. The second-order valence-electron chi connectivity index (χ2n) is 7.24. The van der Waals surface area contributed by atoms with Gasteiger partial charge in [-0.15, -0.1) is 11.3 Å². The van der Waals surface area contributed by atoms with Crippen molar-refractivity contribution in [2.75, 3.05) is 19.5 Å². The monoisotopic (exact) mass is 417 g/mol. The standard InChI is InChI=1S/C22H27NO5S/c1-13(2)28-22(25)19-16-8-6-5-7-9-18(16)29-21(19)23-20(24)15-11-10-14(26-3)12-17(15)27-4/h10-13H,5-9H2,1-4H3,(H,23,24). The van der Waals surface area contributed by atoms with Gasteiger partial charge in [0.15, 0.2) is 0 Å². The van der Waals surface area contributed by atoms with Crippen LogP contribution in [-0.4, -0.2) is 32.2 Å². The second kappa shape index (κ2) is 9.31. The fourth-order valence-electron chi connectivity index (χ4n) is 3.48. The molecular weight excluding hydrogens is 390 g/mol. The number of rotatable bonds is 6. The van der Waals surface area contributed by atoms with Gasteiger partial charge in [-0.1, -0.05) is 6.42 Å². The predicted molar refractivity (Wildman–Crippen MR) is 114 cm³/mol. The number of hydrogen-bond donors (Lipinski definition) is 1. The van der Waals surface area contributed by atoms with Crippen molar-refractivity contribution in [1.29, 1.82) is 0 Å². The van der Waals surface area contributed by atoms with Crippen molar-refractivity contribution in [1.82, 2.24) is 0 Å². The van der Waals surface area contributed by atoms with Crippen molar-refractivity contribution in [3.63, 3.8) is 0 Å². The van der Waals surface area contributed by atoms with Gasteiger partial charge in [0, 0.05) is 10.9 Å². The highest BCUT2D eigenvalue weighted by atomic mass is 32.1. The molecule has 1 heterocycles. The van der Waals surface area contributed by atoms with Gasteiger partial charge < -0.3 is 19.5 Å². The summed E-state index contributed by atoms with van der Waals surface area (Å²) in [6.07, 6.45) is 4.79. The number of aryl methyl sites for hydroxylation is 1. The summed E-state index contributed by atoms with van der Waals surface area (Å²) < 4.78 is 16.0. The van der Waals surface area contributed by atoms with Crippen LogP contribution in [0, 0.1) is 0 Å². The van der Waals surface area contributed by atoms with Crippen molar-refractivity contribution in [2.24, 2.45) is 0 Å². The molecule has 0 aliphatic heterocycles. The molecule has 0 atom stereocenters. The lowest BCUT2D eigenvalue weighted by Gasteiger charge is -2.13. The first-order valence-electron chi connectivity index (χ1n) is 9.83. The van der Waals surface area contributed by atoms with E-state index in [0.717, 1.165) is 42.5 Å². The van der Waals surface area contributed by atoms with Gasteiger partial charge in [0.2, 0.25) is 0 Å². The zero-order valence-electron chi connectivity index (χ0n) is 17.3.